The van der Waals surface area contributed by atoms with Crippen molar-refractivity contribution < 1.29 is 0 Å². The highest BCUT2D eigenvalue weighted by atomic mass is 15.1. The molecule has 0 bridgehead atoms. The van der Waals surface area contributed by atoms with Crippen molar-refractivity contribution in [3.05, 3.63) is 23.9 Å². The Labute approximate surface area is 62.2 Å². The summed E-state index contributed by atoms with van der Waals surface area (Å²) in [5.74, 6) is 0. The number of likely N-dealkylation sites (N-methyl/N-ethyl adjacent to an activating group) is 2. The van der Waals surface area contributed by atoms with Crippen LogP contribution in [0, 0.1) is 0 Å². The first-order chi connectivity index (χ1) is 4.83. The Morgan fingerprint density at radius 1 is 1.70 bits per heavy atom. The van der Waals surface area contributed by atoms with Gasteiger partial charge < -0.3 is 10.2 Å². The van der Waals surface area contributed by atoms with Crippen LogP contribution in [0.2, 0.25) is 0 Å². The monoisotopic (exact) mass is 138 g/mol. The number of hydrogen-bond donors (Lipinski definition) is 1. The molecule has 0 aliphatic carbocycles. The fraction of sp³-hybridized carbons (Fsp3) is 0.500. The van der Waals surface area contributed by atoms with Crippen LogP contribution in [0.25, 0.3) is 0 Å². The van der Waals surface area contributed by atoms with Gasteiger partial charge in [-0.1, -0.05) is 6.08 Å². The maximum absolute atomic E-state index is 3.11. The Hall–Kier alpha value is -0.760. The van der Waals surface area contributed by atoms with E-state index in [9.17, 15) is 0 Å². The minimum Gasteiger partial charge on any atom is -0.377 e. The second kappa shape index (κ2) is 3.42. The molecule has 56 valence electrons. The number of hydrogen-bond acceptors (Lipinski definition) is 2. The predicted molar refractivity (Wildman–Crippen MR) is 43.8 cm³/mol. The minimum atomic E-state index is 0.977. The maximum Gasteiger partial charge on any atom is 0.0356 e. The summed E-state index contributed by atoms with van der Waals surface area (Å²) in [7, 11) is 4.04. The molecule has 0 aromatic carbocycles. The number of nitrogens with zero attached hydrogens (tertiary/aromatic N) is 1. The lowest BCUT2D eigenvalue weighted by atomic mass is 10.2. The zero-order valence-corrected chi connectivity index (χ0v) is 6.59. The van der Waals surface area contributed by atoms with E-state index in [2.05, 4.69) is 35.6 Å². The molecule has 0 fully saturated rings. The van der Waals surface area contributed by atoms with Gasteiger partial charge in [0, 0.05) is 20.1 Å². The predicted octanol–water partition coefficient (Wildman–Crippen LogP) is 0.591. The van der Waals surface area contributed by atoms with Crippen molar-refractivity contribution in [2.24, 2.45) is 0 Å². The van der Waals surface area contributed by atoms with Crippen molar-refractivity contribution in [1.82, 2.24) is 10.2 Å². The lowest BCUT2D eigenvalue weighted by molar-refractivity contribution is 0.501. The van der Waals surface area contributed by atoms with Gasteiger partial charge in [-0.15, -0.1) is 0 Å². The van der Waals surface area contributed by atoms with E-state index < -0.39 is 0 Å². The van der Waals surface area contributed by atoms with E-state index in [4.69, 9.17) is 0 Å². The summed E-state index contributed by atoms with van der Waals surface area (Å²) in [6.45, 7) is 2.01. The molecule has 0 amide bonds. The molecular weight excluding hydrogens is 124 g/mol. The Morgan fingerprint density at radius 3 is 3.00 bits per heavy atom. The van der Waals surface area contributed by atoms with Gasteiger partial charge in [0.05, 0.1) is 0 Å². The Morgan fingerprint density at radius 2 is 2.50 bits per heavy atom. The molecule has 2 heteroatoms. The van der Waals surface area contributed by atoms with E-state index in [1.54, 1.807) is 0 Å². The fourth-order valence-electron chi connectivity index (χ4n) is 0.948. The Balaban J connectivity index is 2.42. The van der Waals surface area contributed by atoms with Crippen molar-refractivity contribution in [2.45, 2.75) is 0 Å². The van der Waals surface area contributed by atoms with Crippen molar-refractivity contribution >= 4 is 0 Å². The first-order valence-electron chi connectivity index (χ1n) is 3.55. The highest BCUT2D eigenvalue weighted by Crippen LogP contribution is 2.02. The van der Waals surface area contributed by atoms with Crippen LogP contribution in [0.3, 0.4) is 0 Å². The zero-order valence-electron chi connectivity index (χ0n) is 6.59. The van der Waals surface area contributed by atoms with Crippen molar-refractivity contribution in [1.29, 1.82) is 0 Å². The van der Waals surface area contributed by atoms with E-state index in [0.29, 0.717) is 0 Å². The van der Waals surface area contributed by atoms with Gasteiger partial charge in [0.2, 0.25) is 0 Å². The summed E-state index contributed by atoms with van der Waals surface area (Å²) in [5, 5.41) is 3.11. The molecule has 1 N–H and O–H groups in total. The first-order valence-corrected chi connectivity index (χ1v) is 3.55. The van der Waals surface area contributed by atoms with E-state index in [0.717, 1.165) is 13.1 Å². The minimum absolute atomic E-state index is 0.977. The SMILES string of the molecule is CNCC1=CCN(C)C=C1. The lowest BCUT2D eigenvalue weighted by Gasteiger charge is -2.16. The molecule has 10 heavy (non-hydrogen) atoms. The number of nitrogens with one attached hydrogen (secondary N) is 1. The van der Waals surface area contributed by atoms with Gasteiger partial charge in [-0.3, -0.25) is 0 Å². The van der Waals surface area contributed by atoms with E-state index in [1.807, 2.05) is 7.05 Å². The second-order valence-corrected chi connectivity index (χ2v) is 2.56. The topological polar surface area (TPSA) is 15.3 Å². The molecule has 1 rings (SSSR count). The van der Waals surface area contributed by atoms with Crippen LogP contribution in [-0.4, -0.2) is 32.1 Å². The molecule has 0 atom stereocenters. The van der Waals surface area contributed by atoms with Crippen LogP contribution >= 0.6 is 0 Å². The molecule has 0 unspecified atom stereocenters. The molecule has 0 aromatic rings. The molecule has 1 heterocycles. The summed E-state index contributed by atoms with van der Waals surface area (Å²) in [6.07, 6.45) is 6.48. The highest BCUT2D eigenvalue weighted by molar-refractivity contribution is 5.23. The summed E-state index contributed by atoms with van der Waals surface area (Å²) in [6, 6.07) is 0. The summed E-state index contributed by atoms with van der Waals surface area (Å²) < 4.78 is 0. The molecule has 0 radical (unpaired) electrons. The maximum atomic E-state index is 3.11. The average Bonchev–Trinajstić information content (AvgIpc) is 1.95. The Bertz CT molecular complexity index is 159. The van der Waals surface area contributed by atoms with Gasteiger partial charge in [-0.25, -0.2) is 0 Å². The van der Waals surface area contributed by atoms with Gasteiger partial charge >= 0.3 is 0 Å². The molecule has 1 aliphatic heterocycles. The first kappa shape index (κ1) is 7.35. The molecular formula is C8H14N2. The van der Waals surface area contributed by atoms with Crippen molar-refractivity contribution in [2.75, 3.05) is 27.2 Å². The van der Waals surface area contributed by atoms with Gasteiger partial charge in [0.1, 0.15) is 0 Å². The molecule has 2 nitrogen and oxygen atoms in total. The summed E-state index contributed by atoms with van der Waals surface area (Å²) in [5.41, 5.74) is 1.38. The van der Waals surface area contributed by atoms with Gasteiger partial charge in [0.25, 0.3) is 0 Å². The van der Waals surface area contributed by atoms with Gasteiger partial charge in [0.15, 0.2) is 0 Å². The van der Waals surface area contributed by atoms with E-state index >= 15 is 0 Å². The Kier molecular flexibility index (Phi) is 2.51. The quantitative estimate of drug-likeness (QED) is 0.601. The third-order valence-electron chi connectivity index (χ3n) is 1.57. The van der Waals surface area contributed by atoms with Crippen LogP contribution in [-0.2, 0) is 0 Å². The van der Waals surface area contributed by atoms with Crippen molar-refractivity contribution in [3.63, 3.8) is 0 Å². The summed E-state index contributed by atoms with van der Waals surface area (Å²) in [4.78, 5) is 2.15. The van der Waals surface area contributed by atoms with Crippen LogP contribution in [0.15, 0.2) is 23.9 Å². The van der Waals surface area contributed by atoms with E-state index in [1.165, 1.54) is 5.57 Å². The summed E-state index contributed by atoms with van der Waals surface area (Å²) >= 11 is 0. The third kappa shape index (κ3) is 1.88. The van der Waals surface area contributed by atoms with E-state index in [-0.39, 0.29) is 0 Å². The molecule has 0 spiro atoms. The molecule has 0 saturated carbocycles. The van der Waals surface area contributed by atoms with Crippen LogP contribution in [0.4, 0.5) is 0 Å². The average molecular weight is 138 g/mol. The van der Waals surface area contributed by atoms with Crippen LogP contribution in [0.5, 0.6) is 0 Å². The van der Waals surface area contributed by atoms with Crippen molar-refractivity contribution in [3.8, 4) is 0 Å². The molecule has 0 aromatic heterocycles. The zero-order chi connectivity index (χ0) is 7.40. The largest absolute Gasteiger partial charge is 0.377 e. The van der Waals surface area contributed by atoms with Gasteiger partial charge in [-0.2, -0.15) is 0 Å². The fourth-order valence-corrected chi connectivity index (χ4v) is 0.948. The van der Waals surface area contributed by atoms with Crippen LogP contribution in [0.1, 0.15) is 0 Å². The third-order valence-corrected chi connectivity index (χ3v) is 1.57. The molecule has 1 aliphatic rings. The van der Waals surface area contributed by atoms with Crippen LogP contribution < -0.4 is 5.32 Å². The normalized spacial score (nSPS) is 17.4. The highest BCUT2D eigenvalue weighted by Gasteiger charge is 1.97. The van der Waals surface area contributed by atoms with Gasteiger partial charge in [-0.05, 0) is 24.9 Å². The standard InChI is InChI=1S/C8H14N2/c1-9-7-8-3-5-10(2)6-4-8/h3-5,9H,6-7H2,1-2H3. The number of rotatable bonds is 2. The lowest BCUT2D eigenvalue weighted by Crippen LogP contribution is -2.17. The smallest absolute Gasteiger partial charge is 0.0356 e. The molecule has 0 saturated heterocycles. The second-order valence-electron chi connectivity index (χ2n) is 2.56.